The third-order valence-electron chi connectivity index (χ3n) is 5.70. The zero-order valence-electron chi connectivity index (χ0n) is 17.6. The van der Waals surface area contributed by atoms with E-state index < -0.39 is 52.0 Å². The number of hydrogen-bond donors (Lipinski definition) is 1. The summed E-state index contributed by atoms with van der Waals surface area (Å²) in [4.78, 5) is 6.56. The predicted molar refractivity (Wildman–Crippen MR) is 116 cm³/mol. The molecule has 182 valence electrons. The average Bonchev–Trinajstić information content (AvgIpc) is 3.50. The summed E-state index contributed by atoms with van der Waals surface area (Å²) in [6.45, 7) is 1.32. The molecule has 2 heterocycles. The van der Waals surface area contributed by atoms with Crippen LogP contribution in [0.3, 0.4) is 0 Å². The number of alkyl halides is 3. The highest BCUT2D eigenvalue weighted by Gasteiger charge is 2.46. The summed E-state index contributed by atoms with van der Waals surface area (Å²) < 4.78 is 81.6. The maximum Gasteiger partial charge on any atom is 0.417 e. The number of benzene rings is 1. The lowest BCUT2D eigenvalue weighted by molar-refractivity contribution is -0.137. The van der Waals surface area contributed by atoms with Gasteiger partial charge in [-0.25, -0.2) is 13.8 Å². The molecule has 0 spiro atoms. The van der Waals surface area contributed by atoms with Gasteiger partial charge in [0.1, 0.15) is 35.3 Å². The Hall–Kier alpha value is -2.49. The molecule has 0 bridgehead atoms. The topological polar surface area (TPSA) is 80.5 Å². The highest BCUT2D eigenvalue weighted by molar-refractivity contribution is 7.85. The van der Waals surface area contributed by atoms with Crippen molar-refractivity contribution < 1.29 is 31.3 Å². The Morgan fingerprint density at radius 2 is 1.97 bits per heavy atom. The minimum absolute atomic E-state index is 0.0253. The molecule has 34 heavy (non-hydrogen) atoms. The van der Waals surface area contributed by atoms with Crippen LogP contribution in [0.5, 0.6) is 0 Å². The van der Waals surface area contributed by atoms with Crippen LogP contribution in [0.2, 0.25) is 5.02 Å². The zero-order valence-corrected chi connectivity index (χ0v) is 19.2. The summed E-state index contributed by atoms with van der Waals surface area (Å²) >= 11 is 5.82. The molecule has 1 aromatic heterocycles. The van der Waals surface area contributed by atoms with Gasteiger partial charge in [-0.15, -0.1) is 0 Å². The lowest BCUT2D eigenvalue weighted by atomic mass is 10.1. The van der Waals surface area contributed by atoms with Crippen molar-refractivity contribution in [2.24, 2.45) is 0 Å². The van der Waals surface area contributed by atoms with Gasteiger partial charge in [0.15, 0.2) is 0 Å². The van der Waals surface area contributed by atoms with Crippen LogP contribution in [-0.2, 0) is 17.0 Å². The summed E-state index contributed by atoms with van der Waals surface area (Å²) in [5, 5.41) is 20.4. The number of pyridine rings is 1. The van der Waals surface area contributed by atoms with Gasteiger partial charge >= 0.3 is 6.18 Å². The highest BCUT2D eigenvalue weighted by Crippen LogP contribution is 2.41. The van der Waals surface area contributed by atoms with E-state index in [1.54, 1.807) is 0 Å². The molecule has 2 aromatic rings. The molecule has 2 unspecified atom stereocenters. The van der Waals surface area contributed by atoms with Crippen LogP contribution in [0.15, 0.2) is 18.2 Å². The van der Waals surface area contributed by atoms with Crippen molar-refractivity contribution in [2.75, 3.05) is 21.4 Å². The molecule has 1 aliphatic carbocycles. The number of rotatable bonds is 5. The summed E-state index contributed by atoms with van der Waals surface area (Å²) in [5.74, 6) is -2.78. The second kappa shape index (κ2) is 8.94. The quantitative estimate of drug-likeness (QED) is 0.363. The Morgan fingerprint density at radius 1 is 1.29 bits per heavy atom. The van der Waals surface area contributed by atoms with Gasteiger partial charge in [0.2, 0.25) is 0 Å². The predicted octanol–water partition coefficient (Wildman–Crippen LogP) is 4.09. The molecule has 1 N–H and O–H groups in total. The average molecular weight is 521 g/mol. The number of aliphatic hydroxyl groups is 1. The molecule has 4 rings (SSSR count). The van der Waals surface area contributed by atoms with Crippen LogP contribution in [-0.4, -0.2) is 44.2 Å². The number of aromatic nitrogens is 1. The lowest BCUT2D eigenvalue weighted by Gasteiger charge is -2.38. The summed E-state index contributed by atoms with van der Waals surface area (Å²) in [6, 6.07) is 2.45. The Morgan fingerprint density at radius 3 is 2.56 bits per heavy atom. The summed E-state index contributed by atoms with van der Waals surface area (Å²) in [6.07, 6.45) is -5.25. The fourth-order valence-electron chi connectivity index (χ4n) is 4.05. The standard InChI is InChI=1S/C21H18ClF5N4O2S/c1-10-4-13(21(25,26)27)12(7-28)19(29-10)30-9-34(33)8-18(30)20(32)31(11-2-3-11)17-5-14(22)15(23)6-16(17)24/h4-6,11,18,20,32H,2-3,8-9H2,1H3/t18-,20?,34?/m1/s1. The first kappa shape index (κ1) is 24.6. The number of hydrogen-bond acceptors (Lipinski definition) is 6. The maximum absolute atomic E-state index is 14.7. The van der Waals surface area contributed by atoms with Crippen LogP contribution in [0.1, 0.15) is 29.7 Å². The molecule has 2 fully saturated rings. The van der Waals surface area contributed by atoms with Crippen molar-refractivity contribution in [2.45, 2.75) is 44.3 Å². The Labute approximate surface area is 199 Å². The first-order valence-corrected chi connectivity index (χ1v) is 12.0. The van der Waals surface area contributed by atoms with Crippen molar-refractivity contribution >= 4 is 33.9 Å². The third-order valence-corrected chi connectivity index (χ3v) is 7.26. The molecule has 1 aromatic carbocycles. The number of aryl methyl sites for hydroxylation is 1. The SMILES string of the molecule is Cc1cc(C(F)(F)F)c(C#N)c(N2CS(=O)C[C@@H]2C(O)N(c2cc(Cl)c(F)cc2F)C2CC2)n1. The van der Waals surface area contributed by atoms with Gasteiger partial charge in [-0.3, -0.25) is 4.21 Å². The Balaban J connectivity index is 1.79. The van der Waals surface area contributed by atoms with Gasteiger partial charge in [-0.2, -0.15) is 18.4 Å². The largest absolute Gasteiger partial charge is 0.417 e. The monoisotopic (exact) mass is 520 g/mol. The number of aliphatic hydroxyl groups excluding tert-OH is 1. The van der Waals surface area contributed by atoms with Gasteiger partial charge in [0, 0.05) is 28.6 Å². The van der Waals surface area contributed by atoms with Crippen LogP contribution >= 0.6 is 11.6 Å². The maximum atomic E-state index is 14.7. The van der Waals surface area contributed by atoms with E-state index in [1.807, 2.05) is 0 Å². The van der Waals surface area contributed by atoms with E-state index in [0.29, 0.717) is 18.9 Å². The van der Waals surface area contributed by atoms with E-state index in [2.05, 4.69) is 4.98 Å². The number of anilines is 2. The van der Waals surface area contributed by atoms with Crippen molar-refractivity contribution in [3.05, 3.63) is 51.7 Å². The van der Waals surface area contributed by atoms with E-state index in [1.165, 1.54) is 22.8 Å². The molecule has 0 radical (unpaired) electrons. The third kappa shape index (κ3) is 4.56. The van der Waals surface area contributed by atoms with Crippen molar-refractivity contribution in [1.29, 1.82) is 5.26 Å². The summed E-state index contributed by atoms with van der Waals surface area (Å²) in [7, 11) is -1.60. The normalized spacial score (nSPS) is 21.4. The number of halogens is 6. The van der Waals surface area contributed by atoms with Crippen molar-refractivity contribution in [3.8, 4) is 6.07 Å². The fourth-order valence-corrected chi connectivity index (χ4v) is 5.67. The van der Waals surface area contributed by atoms with Crippen LogP contribution in [0, 0.1) is 29.9 Å². The molecule has 13 heteroatoms. The van der Waals surface area contributed by atoms with Crippen LogP contribution < -0.4 is 9.80 Å². The zero-order chi connectivity index (χ0) is 24.9. The van der Waals surface area contributed by atoms with Gasteiger partial charge in [0.25, 0.3) is 0 Å². The second-order valence-electron chi connectivity index (χ2n) is 8.16. The molecular weight excluding hydrogens is 503 g/mol. The van der Waals surface area contributed by atoms with Gasteiger partial charge in [0.05, 0.1) is 33.9 Å². The molecule has 0 amide bonds. The molecule has 2 aliphatic rings. The Kier molecular flexibility index (Phi) is 6.48. The molecule has 1 saturated carbocycles. The van der Waals surface area contributed by atoms with E-state index in [-0.39, 0.29) is 39.9 Å². The van der Waals surface area contributed by atoms with Gasteiger partial charge in [-0.05, 0) is 31.9 Å². The van der Waals surface area contributed by atoms with Gasteiger partial charge < -0.3 is 14.9 Å². The first-order valence-electron chi connectivity index (χ1n) is 10.1. The number of nitrogens with zero attached hydrogens (tertiary/aromatic N) is 4. The van der Waals surface area contributed by atoms with Crippen molar-refractivity contribution in [3.63, 3.8) is 0 Å². The lowest BCUT2D eigenvalue weighted by Crippen LogP contribution is -2.52. The van der Waals surface area contributed by atoms with Gasteiger partial charge in [-0.1, -0.05) is 11.6 Å². The van der Waals surface area contributed by atoms with E-state index >= 15 is 0 Å². The van der Waals surface area contributed by atoms with Crippen LogP contribution in [0.25, 0.3) is 0 Å². The first-order chi connectivity index (χ1) is 15.9. The smallest absolute Gasteiger partial charge is 0.371 e. The molecule has 1 saturated heterocycles. The molecular formula is C21H18ClF5N4O2S. The van der Waals surface area contributed by atoms with Crippen LogP contribution in [0.4, 0.5) is 33.5 Å². The molecule has 3 atom stereocenters. The van der Waals surface area contributed by atoms with Crippen molar-refractivity contribution in [1.82, 2.24) is 4.98 Å². The number of nitriles is 1. The Bertz CT molecular complexity index is 1200. The van der Waals surface area contributed by atoms with E-state index in [4.69, 9.17) is 11.6 Å². The minimum Gasteiger partial charge on any atom is -0.371 e. The summed E-state index contributed by atoms with van der Waals surface area (Å²) in [5.41, 5.74) is -2.17. The van der Waals surface area contributed by atoms with E-state index in [0.717, 1.165) is 12.1 Å². The van der Waals surface area contributed by atoms with E-state index in [9.17, 15) is 36.5 Å². The fraction of sp³-hybridized carbons (Fsp3) is 0.429. The molecule has 6 nitrogen and oxygen atoms in total. The second-order valence-corrected chi connectivity index (χ2v) is 10.0. The minimum atomic E-state index is -4.84. The molecule has 1 aliphatic heterocycles. The highest BCUT2D eigenvalue weighted by atomic mass is 35.5.